The number of carbonyl (C=O) groups is 1. The number of anilines is 1. The van der Waals surface area contributed by atoms with Gasteiger partial charge in [-0.05, 0) is 25.7 Å². The van der Waals surface area contributed by atoms with Crippen molar-refractivity contribution in [3.63, 3.8) is 0 Å². The van der Waals surface area contributed by atoms with Crippen molar-refractivity contribution < 1.29 is 13.6 Å². The zero-order valence-corrected chi connectivity index (χ0v) is 16.0. The number of rotatable bonds is 3. The number of thiazole rings is 1. The molecule has 3 N–H and O–H groups in total. The lowest BCUT2D eigenvalue weighted by atomic mass is 9.71. The average molecular weight is 408 g/mol. The molecule has 4 aliphatic rings. The van der Waals surface area contributed by atoms with Crippen molar-refractivity contribution in [2.24, 2.45) is 21.9 Å². The minimum atomic E-state index is -2.59. The number of nitrogen functional groups attached to an aromatic ring is 1. The minimum Gasteiger partial charge on any atom is -0.375 e. The number of nitrogens with one attached hydrogen (secondary N) is 1. The molecule has 0 radical (unpaired) electrons. The van der Waals surface area contributed by atoms with Gasteiger partial charge in [-0.2, -0.15) is 5.10 Å². The van der Waals surface area contributed by atoms with Crippen LogP contribution in [0.2, 0.25) is 0 Å². The van der Waals surface area contributed by atoms with E-state index in [1.807, 2.05) is 5.38 Å². The Hall–Kier alpha value is -2.10. The third-order valence-electron chi connectivity index (χ3n) is 6.38. The number of alkyl halides is 2. The van der Waals surface area contributed by atoms with Crippen LogP contribution in [0, 0.1) is 11.8 Å². The lowest BCUT2D eigenvalue weighted by Gasteiger charge is -2.41. The fourth-order valence-corrected chi connectivity index (χ4v) is 5.25. The second-order valence-electron chi connectivity index (χ2n) is 8.08. The monoisotopic (exact) mass is 408 g/mol. The summed E-state index contributed by atoms with van der Waals surface area (Å²) in [4.78, 5) is 21.9. The molecule has 1 aromatic heterocycles. The minimum absolute atomic E-state index is 0.0997. The highest BCUT2D eigenvalue weighted by Gasteiger charge is 2.48. The van der Waals surface area contributed by atoms with Crippen LogP contribution in [-0.4, -0.2) is 46.1 Å². The summed E-state index contributed by atoms with van der Waals surface area (Å²) in [6.07, 6.45) is 3.53. The Balaban J connectivity index is 1.36. The quantitative estimate of drug-likeness (QED) is 0.803. The molecule has 3 heterocycles. The molecule has 0 spiro atoms. The summed E-state index contributed by atoms with van der Waals surface area (Å²) in [5.74, 6) is -2.19. The number of amidine groups is 1. The summed E-state index contributed by atoms with van der Waals surface area (Å²) in [5.41, 5.74) is 6.71. The second kappa shape index (κ2) is 6.47. The fourth-order valence-electron chi connectivity index (χ4n) is 4.63. The molecule has 0 saturated heterocycles. The third kappa shape index (κ3) is 2.98. The van der Waals surface area contributed by atoms with Crippen LogP contribution in [0.1, 0.15) is 50.1 Å². The standard InChI is InChI=1S/C18H22F2N6OS/c19-18(20)5-3-9(4-6-18)26-15-12(7-22-26)16(27)25-14(24-15)11-2-1-10(11)13-8-28-17(21)23-13/h7-12,15H,1-6H2,(H2,21,23)(H,24,25,27)/t10-,11-,12?,15?/m1/s1. The smallest absolute Gasteiger partial charge is 0.248 e. The van der Waals surface area contributed by atoms with Gasteiger partial charge in [-0.25, -0.2) is 18.8 Å². The van der Waals surface area contributed by atoms with E-state index >= 15 is 0 Å². The van der Waals surface area contributed by atoms with Crippen LogP contribution in [-0.2, 0) is 4.79 Å². The van der Waals surface area contributed by atoms with E-state index in [0.29, 0.717) is 23.8 Å². The molecular weight excluding hydrogens is 386 g/mol. The van der Waals surface area contributed by atoms with Crippen molar-refractivity contribution in [2.75, 3.05) is 5.73 Å². The molecule has 2 saturated carbocycles. The molecule has 10 heteroatoms. The maximum Gasteiger partial charge on any atom is 0.248 e. The first kappa shape index (κ1) is 18.0. The molecule has 2 fully saturated rings. The van der Waals surface area contributed by atoms with Gasteiger partial charge in [-0.15, -0.1) is 11.3 Å². The maximum atomic E-state index is 13.5. The number of fused-ring (bicyclic) bond motifs is 1. The first-order valence-corrected chi connectivity index (χ1v) is 10.6. The van der Waals surface area contributed by atoms with E-state index in [-0.39, 0.29) is 36.6 Å². The molecule has 2 aliphatic heterocycles. The molecule has 2 unspecified atom stereocenters. The predicted molar refractivity (Wildman–Crippen MR) is 102 cm³/mol. The summed E-state index contributed by atoms with van der Waals surface area (Å²) in [6, 6.07) is -0.0997. The molecule has 150 valence electrons. The van der Waals surface area contributed by atoms with Crippen LogP contribution in [0.25, 0.3) is 0 Å². The Morgan fingerprint density at radius 3 is 2.61 bits per heavy atom. The lowest BCUT2D eigenvalue weighted by Crippen LogP contribution is -2.54. The molecular formula is C18H22F2N6OS. The summed E-state index contributed by atoms with van der Waals surface area (Å²) < 4.78 is 27.0. The van der Waals surface area contributed by atoms with Crippen LogP contribution < -0.4 is 11.1 Å². The number of carbonyl (C=O) groups excluding carboxylic acids is 1. The molecule has 7 nitrogen and oxygen atoms in total. The average Bonchev–Trinajstić information content (AvgIpc) is 3.21. The highest BCUT2D eigenvalue weighted by molar-refractivity contribution is 7.13. The molecule has 28 heavy (non-hydrogen) atoms. The van der Waals surface area contributed by atoms with Gasteiger partial charge in [0.1, 0.15) is 11.8 Å². The molecule has 1 amide bonds. The van der Waals surface area contributed by atoms with Crippen molar-refractivity contribution in [1.82, 2.24) is 15.3 Å². The summed E-state index contributed by atoms with van der Waals surface area (Å²) in [5, 5.41) is 11.6. The highest BCUT2D eigenvalue weighted by Crippen LogP contribution is 2.45. The van der Waals surface area contributed by atoms with Crippen LogP contribution >= 0.6 is 11.3 Å². The number of hydrogen-bond acceptors (Lipinski definition) is 7. The number of hydrazone groups is 1. The Morgan fingerprint density at radius 2 is 1.96 bits per heavy atom. The highest BCUT2D eigenvalue weighted by atomic mass is 32.1. The van der Waals surface area contributed by atoms with Gasteiger partial charge in [0.2, 0.25) is 11.8 Å². The Labute approximate surface area is 165 Å². The molecule has 2 aliphatic carbocycles. The number of halogens is 2. The van der Waals surface area contributed by atoms with E-state index < -0.39 is 18.0 Å². The zero-order valence-electron chi connectivity index (χ0n) is 15.2. The van der Waals surface area contributed by atoms with Gasteiger partial charge in [0.25, 0.3) is 0 Å². The maximum absolute atomic E-state index is 13.5. The SMILES string of the molecule is Nc1nc([C@@H]2CC[C@H]2C2=NC3C(C=NN3C3CCC(F)(F)CC3)C(=O)N2)cs1. The van der Waals surface area contributed by atoms with Crippen molar-refractivity contribution in [3.05, 3.63) is 11.1 Å². The number of nitrogens with zero attached hydrogens (tertiary/aromatic N) is 4. The topological polar surface area (TPSA) is 96.0 Å². The van der Waals surface area contributed by atoms with E-state index in [2.05, 4.69) is 15.4 Å². The van der Waals surface area contributed by atoms with Gasteiger partial charge in [0, 0.05) is 42.3 Å². The first-order valence-electron chi connectivity index (χ1n) is 9.71. The van der Waals surface area contributed by atoms with Crippen LogP contribution in [0.5, 0.6) is 0 Å². The number of hydrogen-bond donors (Lipinski definition) is 2. The van der Waals surface area contributed by atoms with E-state index in [1.165, 1.54) is 11.3 Å². The fraction of sp³-hybridized carbons (Fsp3) is 0.667. The largest absolute Gasteiger partial charge is 0.375 e. The molecule has 1 aromatic rings. The zero-order chi connectivity index (χ0) is 19.5. The van der Waals surface area contributed by atoms with Gasteiger partial charge in [-0.1, -0.05) is 0 Å². The Bertz CT molecular complexity index is 845. The van der Waals surface area contributed by atoms with Crippen molar-refractivity contribution in [2.45, 2.75) is 62.6 Å². The molecule has 0 aromatic carbocycles. The molecule has 4 atom stereocenters. The van der Waals surface area contributed by atoms with E-state index in [4.69, 9.17) is 10.7 Å². The molecule has 5 rings (SSSR count). The van der Waals surface area contributed by atoms with Crippen LogP contribution in [0.15, 0.2) is 15.5 Å². The van der Waals surface area contributed by atoms with Gasteiger partial charge < -0.3 is 11.1 Å². The summed E-state index contributed by atoms with van der Waals surface area (Å²) in [7, 11) is 0. The van der Waals surface area contributed by atoms with Crippen molar-refractivity contribution in [1.29, 1.82) is 0 Å². The van der Waals surface area contributed by atoms with Crippen LogP contribution in [0.3, 0.4) is 0 Å². The van der Waals surface area contributed by atoms with E-state index in [1.54, 1.807) is 11.2 Å². The van der Waals surface area contributed by atoms with Crippen LogP contribution in [0.4, 0.5) is 13.9 Å². The van der Waals surface area contributed by atoms with E-state index in [9.17, 15) is 13.6 Å². The predicted octanol–water partition coefficient (Wildman–Crippen LogP) is 2.57. The van der Waals surface area contributed by atoms with Crippen molar-refractivity contribution in [3.8, 4) is 0 Å². The number of aromatic nitrogens is 1. The lowest BCUT2D eigenvalue weighted by molar-refractivity contribution is -0.124. The Kier molecular flexibility index (Phi) is 4.15. The second-order valence-corrected chi connectivity index (χ2v) is 8.97. The van der Waals surface area contributed by atoms with Gasteiger partial charge >= 0.3 is 0 Å². The van der Waals surface area contributed by atoms with Gasteiger partial charge in [0.15, 0.2) is 11.3 Å². The van der Waals surface area contributed by atoms with Gasteiger partial charge in [0.05, 0.1) is 5.69 Å². The summed E-state index contributed by atoms with van der Waals surface area (Å²) >= 11 is 1.42. The first-order chi connectivity index (χ1) is 13.4. The Morgan fingerprint density at radius 1 is 1.21 bits per heavy atom. The number of aliphatic imine (C=N–C) groups is 1. The van der Waals surface area contributed by atoms with E-state index in [0.717, 1.165) is 18.5 Å². The number of nitrogens with two attached hydrogens (primary N) is 1. The normalized spacial score (nSPS) is 34.6. The van der Waals surface area contributed by atoms with Crippen molar-refractivity contribution >= 4 is 34.4 Å². The summed E-state index contributed by atoms with van der Waals surface area (Å²) in [6.45, 7) is 0. The van der Waals surface area contributed by atoms with Gasteiger partial charge in [-0.3, -0.25) is 9.80 Å². The number of amides is 1. The molecule has 0 bridgehead atoms. The third-order valence-corrected chi connectivity index (χ3v) is 7.08.